The largest absolute Gasteiger partial charge is 0.378 e. The fraction of sp³-hybridized carbons (Fsp3) is 0.500. The molecule has 0 bridgehead atoms. The third kappa shape index (κ3) is 3.99. The van der Waals surface area contributed by atoms with Gasteiger partial charge in [-0.05, 0) is 18.2 Å². The number of rotatable bonds is 2. The number of amides is 3. The van der Waals surface area contributed by atoms with Crippen LogP contribution >= 0.6 is 0 Å². The summed E-state index contributed by atoms with van der Waals surface area (Å²) < 4.78 is 5.27. The van der Waals surface area contributed by atoms with Crippen molar-refractivity contribution in [3.8, 4) is 0 Å². The summed E-state index contributed by atoms with van der Waals surface area (Å²) in [7, 11) is 0. The molecule has 7 heteroatoms. The van der Waals surface area contributed by atoms with Crippen molar-refractivity contribution in [1.82, 2.24) is 14.7 Å². The Kier molecular flexibility index (Phi) is 5.33. The number of carbonyl (C=O) groups excluding carboxylic acids is 3. The van der Waals surface area contributed by atoms with Gasteiger partial charge in [0.15, 0.2) is 0 Å². The second kappa shape index (κ2) is 7.65. The molecule has 2 aliphatic heterocycles. The molecule has 25 heavy (non-hydrogen) atoms. The molecule has 0 saturated carbocycles. The Morgan fingerprint density at radius 1 is 0.800 bits per heavy atom. The average molecular weight is 345 g/mol. The lowest BCUT2D eigenvalue weighted by Crippen LogP contribution is -2.50. The van der Waals surface area contributed by atoms with Gasteiger partial charge in [0.2, 0.25) is 5.91 Å². The van der Waals surface area contributed by atoms with Gasteiger partial charge in [0.1, 0.15) is 0 Å². The minimum absolute atomic E-state index is 0.0326. The summed E-state index contributed by atoms with van der Waals surface area (Å²) in [5.41, 5.74) is 1.03. The van der Waals surface area contributed by atoms with Crippen LogP contribution in [-0.2, 0) is 9.53 Å². The Labute approximate surface area is 147 Å². The van der Waals surface area contributed by atoms with E-state index in [-0.39, 0.29) is 17.7 Å². The molecule has 0 unspecified atom stereocenters. The smallest absolute Gasteiger partial charge is 0.254 e. The molecule has 3 rings (SSSR count). The van der Waals surface area contributed by atoms with Gasteiger partial charge in [0.25, 0.3) is 11.8 Å². The summed E-state index contributed by atoms with van der Waals surface area (Å²) in [5.74, 6) is -0.135. The second-order valence-electron chi connectivity index (χ2n) is 6.28. The van der Waals surface area contributed by atoms with Crippen molar-refractivity contribution in [2.45, 2.75) is 6.92 Å². The molecule has 2 heterocycles. The van der Waals surface area contributed by atoms with E-state index in [1.54, 1.807) is 39.0 Å². The summed E-state index contributed by atoms with van der Waals surface area (Å²) in [6.07, 6.45) is 0. The Balaban J connectivity index is 1.67. The zero-order chi connectivity index (χ0) is 17.8. The van der Waals surface area contributed by atoms with E-state index in [0.717, 1.165) is 0 Å². The minimum Gasteiger partial charge on any atom is -0.378 e. The zero-order valence-electron chi connectivity index (χ0n) is 14.4. The lowest BCUT2D eigenvalue weighted by Gasteiger charge is -2.34. The third-order valence-electron chi connectivity index (χ3n) is 4.67. The molecule has 2 fully saturated rings. The van der Waals surface area contributed by atoms with Crippen LogP contribution in [0.15, 0.2) is 24.3 Å². The molecular formula is C18H23N3O4. The first-order valence-electron chi connectivity index (χ1n) is 8.58. The molecule has 7 nitrogen and oxygen atoms in total. The SMILES string of the molecule is CC(=O)N1CCN(C(=O)c2cccc(C(=O)N3CCOCC3)c2)CC1. The topological polar surface area (TPSA) is 70.2 Å². The van der Waals surface area contributed by atoms with Gasteiger partial charge in [-0.15, -0.1) is 0 Å². The lowest BCUT2D eigenvalue weighted by atomic mass is 10.1. The van der Waals surface area contributed by atoms with E-state index in [9.17, 15) is 14.4 Å². The van der Waals surface area contributed by atoms with Gasteiger partial charge in [-0.3, -0.25) is 14.4 Å². The van der Waals surface area contributed by atoms with Gasteiger partial charge in [-0.1, -0.05) is 6.07 Å². The maximum atomic E-state index is 12.7. The number of ether oxygens (including phenoxy) is 1. The normalized spacial score (nSPS) is 18.2. The average Bonchev–Trinajstić information content (AvgIpc) is 2.67. The van der Waals surface area contributed by atoms with Crippen LogP contribution in [0.2, 0.25) is 0 Å². The number of nitrogens with zero attached hydrogens (tertiary/aromatic N) is 3. The van der Waals surface area contributed by atoms with Crippen LogP contribution in [0.1, 0.15) is 27.6 Å². The van der Waals surface area contributed by atoms with Crippen LogP contribution in [0.5, 0.6) is 0 Å². The first-order chi connectivity index (χ1) is 12.1. The van der Waals surface area contributed by atoms with Gasteiger partial charge < -0.3 is 19.4 Å². The van der Waals surface area contributed by atoms with E-state index in [2.05, 4.69) is 0 Å². The number of morpholine rings is 1. The van der Waals surface area contributed by atoms with E-state index >= 15 is 0 Å². The number of hydrogen-bond donors (Lipinski definition) is 0. The molecular weight excluding hydrogens is 322 g/mol. The molecule has 0 radical (unpaired) electrons. The van der Waals surface area contributed by atoms with Crippen molar-refractivity contribution in [3.63, 3.8) is 0 Å². The highest BCUT2D eigenvalue weighted by molar-refractivity contribution is 5.99. The van der Waals surface area contributed by atoms with Crippen molar-refractivity contribution < 1.29 is 19.1 Å². The molecule has 0 atom stereocenters. The van der Waals surface area contributed by atoms with Gasteiger partial charge >= 0.3 is 0 Å². The molecule has 0 aliphatic carbocycles. The first-order valence-corrected chi connectivity index (χ1v) is 8.58. The van der Waals surface area contributed by atoms with E-state index in [1.807, 2.05) is 0 Å². The third-order valence-corrected chi connectivity index (χ3v) is 4.67. The quantitative estimate of drug-likeness (QED) is 0.781. The molecule has 134 valence electrons. The fourth-order valence-electron chi connectivity index (χ4n) is 3.14. The van der Waals surface area contributed by atoms with Crippen molar-refractivity contribution in [2.24, 2.45) is 0 Å². The van der Waals surface area contributed by atoms with Gasteiger partial charge in [-0.25, -0.2) is 0 Å². The number of hydrogen-bond acceptors (Lipinski definition) is 4. The van der Waals surface area contributed by atoms with Crippen molar-refractivity contribution in [3.05, 3.63) is 35.4 Å². The van der Waals surface area contributed by atoms with Gasteiger partial charge in [0, 0.05) is 57.3 Å². The van der Waals surface area contributed by atoms with E-state index in [0.29, 0.717) is 63.6 Å². The van der Waals surface area contributed by atoms with Crippen LogP contribution in [0.4, 0.5) is 0 Å². The van der Waals surface area contributed by atoms with Crippen molar-refractivity contribution >= 4 is 17.7 Å². The molecule has 0 N–H and O–H groups in total. The van der Waals surface area contributed by atoms with Crippen LogP contribution in [0.25, 0.3) is 0 Å². The maximum absolute atomic E-state index is 12.7. The number of carbonyl (C=O) groups is 3. The molecule has 2 aliphatic rings. The van der Waals surface area contributed by atoms with E-state index < -0.39 is 0 Å². The molecule has 1 aromatic carbocycles. The first kappa shape index (κ1) is 17.4. The summed E-state index contributed by atoms with van der Waals surface area (Å²) in [6, 6.07) is 6.88. The Morgan fingerprint density at radius 3 is 1.80 bits per heavy atom. The second-order valence-corrected chi connectivity index (χ2v) is 6.28. The molecule has 0 aromatic heterocycles. The molecule has 3 amide bonds. The van der Waals surface area contributed by atoms with Gasteiger partial charge in [-0.2, -0.15) is 0 Å². The van der Waals surface area contributed by atoms with Gasteiger partial charge in [0.05, 0.1) is 13.2 Å². The van der Waals surface area contributed by atoms with E-state index in [4.69, 9.17) is 4.74 Å². The van der Waals surface area contributed by atoms with Crippen molar-refractivity contribution in [1.29, 1.82) is 0 Å². The molecule has 2 saturated heterocycles. The van der Waals surface area contributed by atoms with Crippen LogP contribution < -0.4 is 0 Å². The standard InChI is InChI=1S/C18H23N3O4/c1-14(22)19-5-7-20(8-6-19)17(23)15-3-2-4-16(13-15)18(24)21-9-11-25-12-10-21/h2-4,13H,5-12H2,1H3. The monoisotopic (exact) mass is 345 g/mol. The number of piperazine rings is 1. The Morgan fingerprint density at radius 2 is 1.28 bits per heavy atom. The number of benzene rings is 1. The fourth-order valence-corrected chi connectivity index (χ4v) is 3.14. The predicted molar refractivity (Wildman–Crippen MR) is 91.3 cm³/mol. The Bertz CT molecular complexity index is 662. The highest BCUT2D eigenvalue weighted by Crippen LogP contribution is 2.14. The maximum Gasteiger partial charge on any atom is 0.254 e. The summed E-state index contributed by atoms with van der Waals surface area (Å²) >= 11 is 0. The summed E-state index contributed by atoms with van der Waals surface area (Å²) in [6.45, 7) is 5.91. The predicted octanol–water partition coefficient (Wildman–Crippen LogP) is 0.463. The van der Waals surface area contributed by atoms with E-state index in [1.165, 1.54) is 6.92 Å². The highest BCUT2D eigenvalue weighted by atomic mass is 16.5. The van der Waals surface area contributed by atoms with Crippen LogP contribution in [0, 0.1) is 0 Å². The summed E-state index contributed by atoms with van der Waals surface area (Å²) in [5, 5.41) is 0. The summed E-state index contributed by atoms with van der Waals surface area (Å²) in [4.78, 5) is 41.9. The zero-order valence-corrected chi connectivity index (χ0v) is 14.4. The lowest BCUT2D eigenvalue weighted by molar-refractivity contribution is -0.130. The Hall–Kier alpha value is -2.41. The molecule has 0 spiro atoms. The molecule has 1 aromatic rings. The van der Waals surface area contributed by atoms with Crippen molar-refractivity contribution in [2.75, 3.05) is 52.5 Å². The van der Waals surface area contributed by atoms with Crippen LogP contribution in [-0.4, -0.2) is 84.9 Å². The minimum atomic E-state index is -0.0974. The highest BCUT2D eigenvalue weighted by Gasteiger charge is 2.24. The van der Waals surface area contributed by atoms with Crippen LogP contribution in [0.3, 0.4) is 0 Å².